The zero-order valence-corrected chi connectivity index (χ0v) is 9.48. The van der Waals surface area contributed by atoms with E-state index in [2.05, 4.69) is 0 Å². The fourth-order valence-corrected chi connectivity index (χ4v) is 1.14. The van der Waals surface area contributed by atoms with Crippen molar-refractivity contribution >= 4 is 17.7 Å². The molecular weight excluding hydrogens is 210 g/mol. The van der Waals surface area contributed by atoms with Crippen LogP contribution in [0.2, 0.25) is 0 Å². The van der Waals surface area contributed by atoms with E-state index in [0.717, 1.165) is 4.57 Å². The van der Waals surface area contributed by atoms with Gasteiger partial charge in [-0.3, -0.25) is 4.79 Å². The van der Waals surface area contributed by atoms with Gasteiger partial charge in [-0.2, -0.15) is 0 Å². The zero-order chi connectivity index (χ0) is 12.5. The molecule has 88 valence electrons. The first-order valence-corrected chi connectivity index (χ1v) is 4.72. The summed E-state index contributed by atoms with van der Waals surface area (Å²) in [6, 6.07) is 1.33. The maximum absolute atomic E-state index is 11.7. The number of hydrogen-bond acceptors (Lipinski definition) is 4. The van der Waals surface area contributed by atoms with E-state index < -0.39 is 17.6 Å². The van der Waals surface area contributed by atoms with E-state index in [1.54, 1.807) is 20.8 Å². The maximum atomic E-state index is 11.7. The molecule has 0 radical (unpaired) electrons. The van der Waals surface area contributed by atoms with Crippen LogP contribution < -0.4 is 11.5 Å². The van der Waals surface area contributed by atoms with E-state index in [1.165, 1.54) is 12.3 Å². The highest BCUT2D eigenvalue weighted by Gasteiger charge is 2.21. The molecule has 0 saturated heterocycles. The van der Waals surface area contributed by atoms with Gasteiger partial charge in [-0.05, 0) is 26.8 Å². The molecule has 0 spiro atoms. The quantitative estimate of drug-likeness (QED) is 0.743. The average molecular weight is 225 g/mol. The number of ether oxygens (including phenoxy) is 1. The van der Waals surface area contributed by atoms with Crippen molar-refractivity contribution in [2.45, 2.75) is 26.4 Å². The normalized spacial score (nSPS) is 11.2. The van der Waals surface area contributed by atoms with Crippen LogP contribution in [-0.4, -0.2) is 22.2 Å². The van der Waals surface area contributed by atoms with Crippen LogP contribution in [0.1, 0.15) is 31.3 Å². The number of primary amides is 1. The number of rotatable bonds is 1. The number of carbonyl (C=O) groups excluding carboxylic acids is 2. The molecule has 6 nitrogen and oxygen atoms in total. The maximum Gasteiger partial charge on any atom is 0.419 e. The van der Waals surface area contributed by atoms with E-state index in [0.29, 0.717) is 0 Å². The largest absolute Gasteiger partial charge is 0.443 e. The summed E-state index contributed by atoms with van der Waals surface area (Å²) in [5, 5.41) is 0. The van der Waals surface area contributed by atoms with Gasteiger partial charge in [0.15, 0.2) is 0 Å². The van der Waals surface area contributed by atoms with Gasteiger partial charge in [0.25, 0.3) is 5.91 Å². The molecule has 16 heavy (non-hydrogen) atoms. The molecule has 1 rings (SSSR count). The minimum atomic E-state index is -0.734. The molecule has 0 aliphatic heterocycles. The highest BCUT2D eigenvalue weighted by Crippen LogP contribution is 2.14. The molecule has 1 heterocycles. The predicted octanol–water partition coefficient (Wildman–Crippen LogP) is 0.952. The highest BCUT2D eigenvalue weighted by atomic mass is 16.6. The van der Waals surface area contributed by atoms with Gasteiger partial charge in [0.05, 0.1) is 5.69 Å². The first kappa shape index (κ1) is 12.1. The van der Waals surface area contributed by atoms with Crippen molar-refractivity contribution in [1.29, 1.82) is 0 Å². The summed E-state index contributed by atoms with van der Waals surface area (Å²) in [7, 11) is 0. The number of amides is 1. The summed E-state index contributed by atoms with van der Waals surface area (Å²) < 4.78 is 6.09. The molecule has 0 saturated carbocycles. The third kappa shape index (κ3) is 2.75. The molecule has 1 aromatic heterocycles. The Kier molecular flexibility index (Phi) is 2.93. The summed E-state index contributed by atoms with van der Waals surface area (Å²) in [5.41, 5.74) is 10.2. The molecule has 4 N–H and O–H groups in total. The molecule has 1 amide bonds. The third-order valence-electron chi connectivity index (χ3n) is 1.68. The van der Waals surface area contributed by atoms with E-state index in [4.69, 9.17) is 16.2 Å². The van der Waals surface area contributed by atoms with E-state index in [9.17, 15) is 9.59 Å². The third-order valence-corrected chi connectivity index (χ3v) is 1.68. The molecule has 0 bridgehead atoms. The van der Waals surface area contributed by atoms with Gasteiger partial charge in [-0.15, -0.1) is 0 Å². The topological polar surface area (TPSA) is 100 Å². The molecule has 0 aliphatic carbocycles. The highest BCUT2D eigenvalue weighted by molar-refractivity contribution is 5.96. The number of hydrogen-bond donors (Lipinski definition) is 2. The summed E-state index contributed by atoms with van der Waals surface area (Å²) in [6.07, 6.45) is 0.617. The van der Waals surface area contributed by atoms with Crippen molar-refractivity contribution in [1.82, 2.24) is 4.57 Å². The summed E-state index contributed by atoms with van der Waals surface area (Å²) in [4.78, 5) is 22.7. The fourth-order valence-electron chi connectivity index (χ4n) is 1.14. The van der Waals surface area contributed by atoms with Crippen LogP contribution in [0.4, 0.5) is 10.5 Å². The Labute approximate surface area is 93.2 Å². The molecule has 6 heteroatoms. The number of nitrogen functional groups attached to an aromatic ring is 1. The number of nitrogens with zero attached hydrogens (tertiary/aromatic N) is 1. The van der Waals surface area contributed by atoms with E-state index in [1.807, 2.05) is 0 Å². The first-order chi connectivity index (χ1) is 7.20. The van der Waals surface area contributed by atoms with Gasteiger partial charge in [-0.1, -0.05) is 0 Å². The van der Waals surface area contributed by atoms with Crippen molar-refractivity contribution in [2.75, 3.05) is 5.73 Å². The Morgan fingerprint density at radius 1 is 1.38 bits per heavy atom. The Morgan fingerprint density at radius 3 is 2.38 bits per heavy atom. The minimum Gasteiger partial charge on any atom is -0.443 e. The first-order valence-electron chi connectivity index (χ1n) is 4.72. The van der Waals surface area contributed by atoms with Gasteiger partial charge in [0.2, 0.25) is 0 Å². The molecule has 0 aromatic carbocycles. The molecule has 0 atom stereocenters. The second-order valence-corrected chi connectivity index (χ2v) is 4.37. The van der Waals surface area contributed by atoms with Crippen molar-refractivity contribution in [2.24, 2.45) is 5.73 Å². The van der Waals surface area contributed by atoms with Crippen molar-refractivity contribution in [3.8, 4) is 0 Å². The molecule has 1 aromatic rings. The van der Waals surface area contributed by atoms with E-state index >= 15 is 0 Å². The van der Waals surface area contributed by atoms with E-state index in [-0.39, 0.29) is 11.4 Å². The Balaban J connectivity index is 3.04. The lowest BCUT2D eigenvalue weighted by molar-refractivity contribution is 0.0528. The number of carbonyl (C=O) groups is 2. The van der Waals surface area contributed by atoms with Crippen LogP contribution in [0.25, 0.3) is 0 Å². The summed E-state index contributed by atoms with van der Waals surface area (Å²) in [5.74, 6) is -0.734. The molecule has 0 unspecified atom stereocenters. The number of anilines is 1. The Hall–Kier alpha value is -1.98. The minimum absolute atomic E-state index is 0.00625. The van der Waals surface area contributed by atoms with Gasteiger partial charge in [-0.25, -0.2) is 9.36 Å². The second-order valence-electron chi connectivity index (χ2n) is 4.37. The molecule has 0 aliphatic rings. The van der Waals surface area contributed by atoms with Crippen molar-refractivity contribution in [3.63, 3.8) is 0 Å². The van der Waals surface area contributed by atoms with Crippen LogP contribution in [0.5, 0.6) is 0 Å². The predicted molar refractivity (Wildman–Crippen MR) is 59.0 cm³/mol. The van der Waals surface area contributed by atoms with Crippen LogP contribution in [0, 0.1) is 0 Å². The molecule has 0 fully saturated rings. The Morgan fingerprint density at radius 2 is 1.94 bits per heavy atom. The van der Waals surface area contributed by atoms with Gasteiger partial charge < -0.3 is 16.2 Å². The van der Waals surface area contributed by atoms with Gasteiger partial charge in [0, 0.05) is 6.20 Å². The lowest BCUT2D eigenvalue weighted by Crippen LogP contribution is -2.29. The van der Waals surface area contributed by atoms with Crippen LogP contribution in [0.15, 0.2) is 12.3 Å². The Bertz CT molecular complexity index is 429. The fraction of sp³-hybridized carbons (Fsp3) is 0.400. The van der Waals surface area contributed by atoms with Crippen LogP contribution in [-0.2, 0) is 4.74 Å². The van der Waals surface area contributed by atoms with Crippen molar-refractivity contribution < 1.29 is 14.3 Å². The number of nitrogens with two attached hydrogens (primary N) is 2. The molecular formula is C10H15N3O3. The van der Waals surface area contributed by atoms with Gasteiger partial charge >= 0.3 is 6.09 Å². The summed E-state index contributed by atoms with van der Waals surface area (Å²) >= 11 is 0. The smallest absolute Gasteiger partial charge is 0.419 e. The van der Waals surface area contributed by atoms with Crippen LogP contribution >= 0.6 is 0 Å². The monoisotopic (exact) mass is 225 g/mol. The number of aromatic nitrogens is 1. The standard InChI is InChI=1S/C10H15N3O3/c1-10(2,3)16-9(15)13-5-6(11)4-7(13)8(12)14/h4-5H,11H2,1-3H3,(H2,12,14). The van der Waals surface area contributed by atoms with Crippen molar-refractivity contribution in [3.05, 3.63) is 18.0 Å². The van der Waals surface area contributed by atoms with Crippen LogP contribution in [0.3, 0.4) is 0 Å². The lowest BCUT2D eigenvalue weighted by Gasteiger charge is -2.19. The van der Waals surface area contributed by atoms with Gasteiger partial charge in [0.1, 0.15) is 11.3 Å². The second kappa shape index (κ2) is 3.88. The zero-order valence-electron chi connectivity index (χ0n) is 9.48. The summed E-state index contributed by atoms with van der Waals surface area (Å²) in [6.45, 7) is 5.17. The SMILES string of the molecule is CC(C)(C)OC(=O)n1cc(N)cc1C(N)=O. The lowest BCUT2D eigenvalue weighted by atomic mass is 10.2. The average Bonchev–Trinajstić information content (AvgIpc) is 2.44.